The van der Waals surface area contributed by atoms with Crippen molar-refractivity contribution >= 4 is 11.9 Å². The zero-order chi connectivity index (χ0) is 64.9. The Morgan fingerprint density at radius 3 is 1.84 bits per heavy atom. The Bertz CT molecular complexity index is 2270. The van der Waals surface area contributed by atoms with Crippen molar-refractivity contribution in [1.29, 1.82) is 0 Å². The number of aliphatic hydroxyl groups excluding tert-OH is 17. The molecule has 4 aliphatic rings. The molecule has 28 heteroatoms. The Hall–Kier alpha value is -3.84. The summed E-state index contributed by atoms with van der Waals surface area (Å²) in [6.45, 7) is 3.39. The number of carbonyl (C=O) groups is 2. The molecule has 28 nitrogen and oxygen atoms in total. The van der Waals surface area contributed by atoms with Crippen LogP contribution in [0.3, 0.4) is 0 Å². The number of hydrogen-bond acceptors (Lipinski definition) is 27. The second-order valence-electron chi connectivity index (χ2n) is 23.3. The maximum absolute atomic E-state index is 14.2. The molecule has 0 spiro atoms. The van der Waals surface area contributed by atoms with Crippen LogP contribution in [0.4, 0.5) is 0 Å². The fourth-order valence-electron chi connectivity index (χ4n) is 10.5. The zero-order valence-corrected chi connectivity index (χ0v) is 49.4. The third kappa shape index (κ3) is 23.4. The fraction of sp³-hybridized carbons (Fsp3) is 0.729. The van der Waals surface area contributed by atoms with Crippen molar-refractivity contribution in [3.05, 3.63) is 85.1 Å². The van der Waals surface area contributed by atoms with Crippen LogP contribution in [0.1, 0.15) is 79.1 Å². The monoisotopic (exact) mass is 1250 g/mol. The lowest BCUT2D eigenvalue weighted by Gasteiger charge is -2.47. The van der Waals surface area contributed by atoms with Crippen molar-refractivity contribution in [3.8, 4) is 0 Å². The molecule has 7 unspecified atom stereocenters. The molecule has 4 heterocycles. The number of aliphatic hydroxyl groups is 19. The van der Waals surface area contributed by atoms with Gasteiger partial charge in [0.25, 0.3) is 0 Å². The largest absolute Gasteiger partial charge is 0.462 e. The topological polar surface area (TPSA) is 489 Å². The lowest BCUT2D eigenvalue weighted by atomic mass is 9.82. The van der Waals surface area contributed by atoms with Crippen LogP contribution in [-0.4, -0.2) is 281 Å². The number of hydrogen-bond donors (Lipinski definition) is 21. The molecule has 0 aromatic heterocycles. The van der Waals surface area contributed by atoms with Crippen molar-refractivity contribution in [2.75, 3.05) is 26.3 Å². The Labute approximate surface area is 505 Å². The summed E-state index contributed by atoms with van der Waals surface area (Å²) in [5, 5.41) is 210. The van der Waals surface area contributed by atoms with Crippen LogP contribution in [0, 0.1) is 17.8 Å². The Kier molecular flexibility index (Phi) is 31.5. The molecule has 0 aromatic carbocycles. The molecular formula is C59H96N2O26. The number of cyclic esters (lactones) is 1. The maximum Gasteiger partial charge on any atom is 0.308 e. The van der Waals surface area contributed by atoms with Gasteiger partial charge in [0.1, 0.15) is 48.8 Å². The van der Waals surface area contributed by atoms with Gasteiger partial charge in [-0.15, -0.1) is 0 Å². The van der Waals surface area contributed by atoms with E-state index >= 15 is 0 Å². The van der Waals surface area contributed by atoms with Crippen LogP contribution in [0.5, 0.6) is 0 Å². The molecule has 3 fully saturated rings. The molecule has 4 rings (SSSR count). The van der Waals surface area contributed by atoms with Crippen LogP contribution >= 0.6 is 0 Å². The highest BCUT2D eigenvalue weighted by molar-refractivity contribution is 5.80. The van der Waals surface area contributed by atoms with Crippen LogP contribution in [-0.2, 0) is 33.3 Å². The van der Waals surface area contributed by atoms with E-state index in [4.69, 9.17) is 23.7 Å². The van der Waals surface area contributed by atoms with Gasteiger partial charge in [0.15, 0.2) is 12.1 Å². The number of fused-ring (bicyclic) bond motifs is 2. The summed E-state index contributed by atoms with van der Waals surface area (Å²) in [5.74, 6) is -9.49. The summed E-state index contributed by atoms with van der Waals surface area (Å²) in [5.41, 5.74) is 0. The van der Waals surface area contributed by atoms with Gasteiger partial charge in [0.2, 0.25) is 11.7 Å². The van der Waals surface area contributed by atoms with E-state index in [1.807, 2.05) is 0 Å². The average Bonchev–Trinajstić information content (AvgIpc) is 1.34. The van der Waals surface area contributed by atoms with E-state index in [1.54, 1.807) is 93.7 Å². The first-order valence-electron chi connectivity index (χ1n) is 29.4. The van der Waals surface area contributed by atoms with Gasteiger partial charge < -0.3 is 131 Å². The third-order valence-corrected chi connectivity index (χ3v) is 16.1. The highest BCUT2D eigenvalue weighted by Gasteiger charge is 2.53. The summed E-state index contributed by atoms with van der Waals surface area (Å²) >= 11 is 0. The van der Waals surface area contributed by atoms with Crippen molar-refractivity contribution in [1.82, 2.24) is 10.6 Å². The van der Waals surface area contributed by atoms with Crippen LogP contribution in [0.2, 0.25) is 0 Å². The smallest absolute Gasteiger partial charge is 0.308 e. The van der Waals surface area contributed by atoms with Gasteiger partial charge >= 0.3 is 5.97 Å². The predicted molar refractivity (Wildman–Crippen MR) is 306 cm³/mol. The molecule has 2 bridgehead atoms. The first-order valence-corrected chi connectivity index (χ1v) is 29.4. The average molecular weight is 1250 g/mol. The van der Waals surface area contributed by atoms with Crippen LogP contribution in [0.15, 0.2) is 85.1 Å². The van der Waals surface area contributed by atoms with Gasteiger partial charge in [-0.1, -0.05) is 98.9 Å². The molecule has 4 aliphatic heterocycles. The molecule has 0 aliphatic carbocycles. The van der Waals surface area contributed by atoms with Gasteiger partial charge in [-0.2, -0.15) is 0 Å². The molecule has 3 saturated heterocycles. The third-order valence-electron chi connectivity index (χ3n) is 16.1. The minimum absolute atomic E-state index is 0.192. The maximum atomic E-state index is 14.2. The summed E-state index contributed by atoms with van der Waals surface area (Å²) in [6, 6.07) is -1.44. The molecule has 87 heavy (non-hydrogen) atoms. The van der Waals surface area contributed by atoms with E-state index in [-0.39, 0.29) is 25.2 Å². The standard InChI is InChI=1S/C59H96N2O26/c1-31-17-15-13-11-9-7-5-6-8-10-12-14-16-18-38(86-57-54(78)48(50(74)34(4)85-57)61-30-59(82)55(79)53(77)44(71)29-83-59)24-45-47(56(80)60-27-42(69)51(75)52(76)43(70)28-62)41(68)26-58(81,87-45)25-37(65)22-40(67)39(66)20-19-35(63)21-36(64)23-46(72)84-33(3)32(2)49(31)73/h5-18,31-45,47-55,57,61-71,73-79,81-82H,19-30H2,1-4H3,(H,60,80)/b6-5+,9-7+,10-8+,13-11+,14-12+,17-15-,18-16+/t31-,32?,33-,34+,35+,36+,37-,38-,39-,40+,41-,42?,43?,44+,45?,47?,48-,49+,50+,51?,52?,53+,54-,55-,57-,58+,59+/m0/s1. The van der Waals surface area contributed by atoms with E-state index in [1.165, 1.54) is 19.1 Å². The van der Waals surface area contributed by atoms with E-state index in [0.29, 0.717) is 0 Å². The second kappa shape index (κ2) is 36.3. The number of carbonyl (C=O) groups excluding carboxylic acids is 2. The number of rotatable bonds is 12. The summed E-state index contributed by atoms with van der Waals surface area (Å²) < 4.78 is 29.1. The van der Waals surface area contributed by atoms with Gasteiger partial charge in [-0.3, -0.25) is 9.59 Å². The minimum Gasteiger partial charge on any atom is -0.462 e. The minimum atomic E-state index is -2.54. The van der Waals surface area contributed by atoms with E-state index in [0.717, 1.165) is 0 Å². The highest BCUT2D eigenvalue weighted by Crippen LogP contribution is 2.39. The number of esters is 1. The van der Waals surface area contributed by atoms with Crippen molar-refractivity contribution in [2.45, 2.75) is 225 Å². The number of nitrogens with one attached hydrogen (secondary N) is 2. The van der Waals surface area contributed by atoms with Gasteiger partial charge in [0, 0.05) is 44.1 Å². The van der Waals surface area contributed by atoms with Crippen molar-refractivity contribution < 1.29 is 130 Å². The Morgan fingerprint density at radius 2 is 1.23 bits per heavy atom. The fourth-order valence-corrected chi connectivity index (χ4v) is 10.5. The molecule has 27 atom stereocenters. The first-order chi connectivity index (χ1) is 40.9. The van der Waals surface area contributed by atoms with Gasteiger partial charge in [-0.05, 0) is 33.1 Å². The van der Waals surface area contributed by atoms with Crippen molar-refractivity contribution in [2.24, 2.45) is 17.8 Å². The van der Waals surface area contributed by atoms with Crippen LogP contribution in [0.25, 0.3) is 0 Å². The lowest BCUT2D eigenvalue weighted by Crippen LogP contribution is -2.69. The summed E-state index contributed by atoms with van der Waals surface area (Å²) in [4.78, 5) is 26.9. The summed E-state index contributed by atoms with van der Waals surface area (Å²) in [6.07, 6.45) is -14.6. The van der Waals surface area contributed by atoms with E-state index in [9.17, 15) is 107 Å². The molecular weight excluding hydrogens is 1150 g/mol. The SMILES string of the molecule is CC1[C@H](C)OC(=O)C[C@H](O)C[C@H](O)CC[C@H](O)[C@H](O)C[C@H](O)C[C@]2(O)C[C@H](O)C(C(=O)NCC(O)C(O)C(O)C(O)CO)C(C[C@@H](O[C@@H]3O[C@H](C)[C@@H](O)[C@H](NC[C@@]4(O)OC[C@@H](O)[C@@H](O)[C@@H]4O)[C@@H]3O)/C=C/C=C/C=C/C=C/C=C/C=C/C=C\[C@H](C)[C@H]1O)O2. The second-order valence-corrected chi connectivity index (χ2v) is 23.3. The van der Waals surface area contributed by atoms with E-state index in [2.05, 4.69) is 10.6 Å². The molecule has 1 amide bonds. The van der Waals surface area contributed by atoms with Crippen molar-refractivity contribution in [3.63, 3.8) is 0 Å². The Balaban J connectivity index is 1.70. The van der Waals surface area contributed by atoms with Gasteiger partial charge in [0.05, 0.1) is 111 Å². The lowest BCUT2D eigenvalue weighted by molar-refractivity contribution is -0.323. The molecule has 21 N–H and O–H groups in total. The molecule has 0 radical (unpaired) electrons. The van der Waals surface area contributed by atoms with Gasteiger partial charge in [-0.25, -0.2) is 0 Å². The normalized spacial score (nSPS) is 43.9. The predicted octanol–water partition coefficient (Wildman–Crippen LogP) is -5.39. The highest BCUT2D eigenvalue weighted by atomic mass is 16.7. The van der Waals surface area contributed by atoms with Crippen LogP contribution < -0.4 is 10.6 Å². The summed E-state index contributed by atoms with van der Waals surface area (Å²) in [7, 11) is 0. The number of allylic oxidation sites excluding steroid dienone is 12. The molecule has 0 saturated carbocycles. The number of amides is 1. The Morgan fingerprint density at radius 1 is 0.644 bits per heavy atom. The van der Waals surface area contributed by atoms with E-state index < -0.39 is 228 Å². The molecule has 498 valence electrons. The first kappa shape index (κ1) is 75.6. The zero-order valence-electron chi connectivity index (χ0n) is 49.4. The number of ether oxygens (including phenoxy) is 5. The quantitative estimate of drug-likeness (QED) is 0.0811. The molecule has 0 aromatic rings.